The zero-order valence-electron chi connectivity index (χ0n) is 11.8. The fourth-order valence-electron chi connectivity index (χ4n) is 1.83. The summed E-state index contributed by atoms with van der Waals surface area (Å²) in [5.41, 5.74) is 2.98. The van der Waals surface area contributed by atoms with Crippen LogP contribution in [0.3, 0.4) is 0 Å². The first-order valence-corrected chi connectivity index (χ1v) is 7.13. The Kier molecular flexibility index (Phi) is 5.51. The van der Waals surface area contributed by atoms with Gasteiger partial charge in [0.25, 0.3) is 0 Å². The molecule has 0 saturated heterocycles. The van der Waals surface area contributed by atoms with Crippen LogP contribution < -0.4 is 26.9 Å². The lowest BCUT2D eigenvalue weighted by atomic mass is 10.2. The number of hydrogen-bond donors (Lipinski definition) is 4. The molecular formula is C14H14Cl2N4O3. The van der Waals surface area contributed by atoms with E-state index in [-0.39, 0.29) is 28.2 Å². The van der Waals surface area contributed by atoms with Crippen LogP contribution in [0.25, 0.3) is 0 Å². The van der Waals surface area contributed by atoms with Gasteiger partial charge in [-0.3, -0.25) is 5.43 Å². The molecule has 0 aromatic heterocycles. The molecule has 0 saturated carbocycles. The molecule has 0 heterocycles. The maximum atomic E-state index is 11.5. The number of nitrogens with zero attached hydrogens (tertiary/aromatic N) is 1. The normalized spacial score (nSPS) is 10.3. The van der Waals surface area contributed by atoms with E-state index in [1.165, 1.54) is 12.1 Å². The number of aromatic hydroxyl groups is 1. The number of nitrogens with one attached hydrogen (secondary N) is 1. The van der Waals surface area contributed by atoms with Gasteiger partial charge in [-0.1, -0.05) is 41.4 Å². The number of para-hydroxylation sites is 1. The van der Waals surface area contributed by atoms with Crippen LogP contribution >= 0.6 is 23.2 Å². The molecule has 0 spiro atoms. The van der Waals surface area contributed by atoms with Gasteiger partial charge in [-0.05, 0) is 6.07 Å². The van der Waals surface area contributed by atoms with Gasteiger partial charge >= 0.3 is 6.03 Å². The highest BCUT2D eigenvalue weighted by molar-refractivity contribution is 6.35. The van der Waals surface area contributed by atoms with Gasteiger partial charge in [-0.25, -0.2) is 21.5 Å². The molecule has 2 aromatic rings. The average molecular weight is 357 g/mol. The molecule has 9 heteroatoms. The van der Waals surface area contributed by atoms with E-state index in [2.05, 4.69) is 0 Å². The second kappa shape index (κ2) is 7.38. The van der Waals surface area contributed by atoms with E-state index in [0.29, 0.717) is 11.3 Å². The molecule has 2 amide bonds. The quantitative estimate of drug-likeness (QED) is 0.381. The number of nitrogens with two attached hydrogens (primary N) is 2. The number of phenols is 1. The SMILES string of the molecule is NNC(=O)N(N)c1ccccc1COc1cc(Cl)c(O)cc1Cl. The first-order valence-electron chi connectivity index (χ1n) is 6.38. The molecule has 2 rings (SSSR count). The van der Waals surface area contributed by atoms with E-state index in [0.717, 1.165) is 5.01 Å². The Morgan fingerprint density at radius 1 is 1.26 bits per heavy atom. The molecule has 0 fully saturated rings. The van der Waals surface area contributed by atoms with Crippen LogP contribution in [0.15, 0.2) is 36.4 Å². The standard InChI is InChI=1S/C14H14Cl2N4O3/c15-9-6-13(10(16)5-12(9)21)23-7-8-3-1-2-4-11(8)20(18)14(22)19-17/h1-6,21H,7,17-18H2,(H,19,22). The summed E-state index contributed by atoms with van der Waals surface area (Å²) in [6.45, 7) is 0.0720. The highest BCUT2D eigenvalue weighted by atomic mass is 35.5. The third kappa shape index (κ3) is 3.96. The Balaban J connectivity index is 2.22. The third-order valence-corrected chi connectivity index (χ3v) is 3.58. The lowest BCUT2D eigenvalue weighted by Gasteiger charge is -2.19. The Hall–Kier alpha value is -2.19. The molecule has 0 radical (unpaired) electrons. The van der Waals surface area contributed by atoms with Gasteiger partial charge in [0.2, 0.25) is 0 Å². The lowest BCUT2D eigenvalue weighted by Crippen LogP contribution is -2.48. The first kappa shape index (κ1) is 17.2. The molecule has 23 heavy (non-hydrogen) atoms. The third-order valence-electron chi connectivity index (χ3n) is 2.98. The Morgan fingerprint density at radius 2 is 1.96 bits per heavy atom. The number of hydrazine groups is 2. The van der Waals surface area contributed by atoms with Gasteiger partial charge < -0.3 is 9.84 Å². The van der Waals surface area contributed by atoms with Gasteiger partial charge in [-0.2, -0.15) is 0 Å². The van der Waals surface area contributed by atoms with Gasteiger partial charge in [0.15, 0.2) is 0 Å². The second-order valence-corrected chi connectivity index (χ2v) is 5.29. The number of amides is 2. The number of anilines is 1. The van der Waals surface area contributed by atoms with Gasteiger partial charge in [0, 0.05) is 17.7 Å². The predicted molar refractivity (Wildman–Crippen MR) is 88.3 cm³/mol. The summed E-state index contributed by atoms with van der Waals surface area (Å²) < 4.78 is 5.59. The summed E-state index contributed by atoms with van der Waals surface area (Å²) in [6, 6.07) is 8.85. The van der Waals surface area contributed by atoms with Crippen LogP contribution in [-0.4, -0.2) is 11.1 Å². The van der Waals surface area contributed by atoms with Crippen molar-refractivity contribution >= 4 is 34.9 Å². The first-order chi connectivity index (χ1) is 10.9. The summed E-state index contributed by atoms with van der Waals surface area (Å²) in [5.74, 6) is 10.9. The summed E-state index contributed by atoms with van der Waals surface area (Å²) in [5, 5.41) is 10.6. The Morgan fingerprint density at radius 3 is 2.65 bits per heavy atom. The summed E-state index contributed by atoms with van der Waals surface area (Å²) in [4.78, 5) is 11.5. The molecule has 7 nitrogen and oxygen atoms in total. The molecule has 122 valence electrons. The van der Waals surface area contributed by atoms with Gasteiger partial charge in [0.1, 0.15) is 18.1 Å². The minimum absolute atomic E-state index is 0.0720. The molecule has 2 aromatic carbocycles. The topological polar surface area (TPSA) is 114 Å². The molecule has 0 aliphatic carbocycles. The average Bonchev–Trinajstić information content (AvgIpc) is 2.55. The zero-order chi connectivity index (χ0) is 17.0. The monoisotopic (exact) mass is 356 g/mol. The molecule has 0 aliphatic heterocycles. The van der Waals surface area contributed by atoms with Gasteiger partial charge in [0.05, 0.1) is 15.7 Å². The van der Waals surface area contributed by atoms with Crippen LogP contribution in [-0.2, 0) is 6.61 Å². The fourth-order valence-corrected chi connectivity index (χ4v) is 2.20. The smallest absolute Gasteiger partial charge is 0.350 e. The molecule has 0 bridgehead atoms. The van der Waals surface area contributed by atoms with Crippen molar-refractivity contribution in [3.63, 3.8) is 0 Å². The number of carbonyl (C=O) groups is 1. The number of benzene rings is 2. The van der Waals surface area contributed by atoms with E-state index in [4.69, 9.17) is 39.6 Å². The zero-order valence-corrected chi connectivity index (χ0v) is 13.3. The van der Waals surface area contributed by atoms with Crippen molar-refractivity contribution in [3.05, 3.63) is 52.0 Å². The van der Waals surface area contributed by atoms with Crippen molar-refractivity contribution in [2.24, 2.45) is 11.7 Å². The van der Waals surface area contributed by atoms with Crippen LogP contribution in [0, 0.1) is 0 Å². The number of halogens is 2. The van der Waals surface area contributed by atoms with Crippen molar-refractivity contribution in [1.82, 2.24) is 5.43 Å². The maximum Gasteiger partial charge on any atom is 0.350 e. The van der Waals surface area contributed by atoms with Gasteiger partial charge in [-0.15, -0.1) is 0 Å². The number of urea groups is 1. The summed E-state index contributed by atoms with van der Waals surface area (Å²) in [7, 11) is 0. The van der Waals surface area contributed by atoms with Crippen molar-refractivity contribution in [2.75, 3.05) is 5.01 Å². The van der Waals surface area contributed by atoms with E-state index in [1.54, 1.807) is 24.3 Å². The predicted octanol–water partition coefficient (Wildman–Crippen LogP) is 2.54. The molecule has 0 atom stereocenters. The van der Waals surface area contributed by atoms with Crippen molar-refractivity contribution in [1.29, 1.82) is 0 Å². The second-order valence-electron chi connectivity index (χ2n) is 4.47. The largest absolute Gasteiger partial charge is 0.506 e. The molecule has 6 N–H and O–H groups in total. The fraction of sp³-hybridized carbons (Fsp3) is 0.0714. The van der Waals surface area contributed by atoms with Crippen LogP contribution in [0.2, 0.25) is 10.0 Å². The van der Waals surface area contributed by atoms with Crippen LogP contribution in [0.5, 0.6) is 11.5 Å². The van der Waals surface area contributed by atoms with Crippen molar-refractivity contribution in [2.45, 2.75) is 6.61 Å². The summed E-state index contributed by atoms with van der Waals surface area (Å²) >= 11 is 11.8. The summed E-state index contributed by atoms with van der Waals surface area (Å²) in [6.07, 6.45) is 0. The number of phenolic OH excluding ortho intramolecular Hbond substituents is 1. The van der Waals surface area contributed by atoms with E-state index < -0.39 is 6.03 Å². The highest BCUT2D eigenvalue weighted by Gasteiger charge is 2.15. The molecule has 0 unspecified atom stereocenters. The van der Waals surface area contributed by atoms with Crippen molar-refractivity contribution in [3.8, 4) is 11.5 Å². The number of hydrogen-bond acceptors (Lipinski definition) is 5. The number of ether oxygens (including phenoxy) is 1. The van der Waals surface area contributed by atoms with Crippen LogP contribution in [0.4, 0.5) is 10.5 Å². The number of carbonyl (C=O) groups excluding carboxylic acids is 1. The van der Waals surface area contributed by atoms with E-state index in [1.807, 2.05) is 5.43 Å². The lowest BCUT2D eigenvalue weighted by molar-refractivity contribution is 0.246. The van der Waals surface area contributed by atoms with E-state index in [9.17, 15) is 9.90 Å². The Bertz CT molecular complexity index is 727. The molecular weight excluding hydrogens is 343 g/mol. The molecule has 0 aliphatic rings. The minimum atomic E-state index is -0.678. The van der Waals surface area contributed by atoms with Crippen molar-refractivity contribution < 1.29 is 14.6 Å². The minimum Gasteiger partial charge on any atom is -0.506 e. The van der Waals surface area contributed by atoms with Crippen LogP contribution in [0.1, 0.15) is 5.56 Å². The Labute approximate surface area is 142 Å². The maximum absolute atomic E-state index is 11.5. The number of rotatable bonds is 4. The highest BCUT2D eigenvalue weighted by Crippen LogP contribution is 2.35. The van der Waals surface area contributed by atoms with E-state index >= 15 is 0 Å².